The summed E-state index contributed by atoms with van der Waals surface area (Å²) in [6.07, 6.45) is 7.13. The quantitative estimate of drug-likeness (QED) is 0.754. The first-order valence-corrected chi connectivity index (χ1v) is 8.39. The Morgan fingerprint density at radius 2 is 1.68 bits per heavy atom. The smallest absolute Gasteiger partial charge is 0.0123 e. The summed E-state index contributed by atoms with van der Waals surface area (Å²) in [4.78, 5) is 5.53. The largest absolute Gasteiger partial charge is 0.303 e. The summed E-state index contributed by atoms with van der Waals surface area (Å²) in [5, 5.41) is 0. The molecular formula is C17H32N2. The third-order valence-electron chi connectivity index (χ3n) is 5.93. The van der Waals surface area contributed by atoms with Crippen LogP contribution < -0.4 is 0 Å². The van der Waals surface area contributed by atoms with Gasteiger partial charge in [-0.1, -0.05) is 27.7 Å². The second-order valence-electron chi connectivity index (χ2n) is 8.55. The van der Waals surface area contributed by atoms with Crippen molar-refractivity contribution in [2.24, 2.45) is 10.8 Å². The maximum absolute atomic E-state index is 2.92. The molecule has 1 aliphatic carbocycles. The van der Waals surface area contributed by atoms with Crippen LogP contribution in [0.1, 0.15) is 59.8 Å². The molecule has 2 aliphatic heterocycles. The summed E-state index contributed by atoms with van der Waals surface area (Å²) in [6, 6.07) is 1.76. The van der Waals surface area contributed by atoms with Gasteiger partial charge < -0.3 is 4.90 Å². The van der Waals surface area contributed by atoms with Crippen molar-refractivity contribution in [3.63, 3.8) is 0 Å². The molecule has 3 aliphatic rings. The molecule has 3 fully saturated rings. The Bertz CT molecular complexity index is 330. The van der Waals surface area contributed by atoms with Gasteiger partial charge in [0, 0.05) is 18.6 Å². The molecule has 0 aromatic heterocycles. The zero-order chi connectivity index (χ0) is 13.7. The van der Waals surface area contributed by atoms with E-state index < -0.39 is 0 Å². The molecule has 0 radical (unpaired) electrons. The van der Waals surface area contributed by atoms with Crippen LogP contribution in [0.3, 0.4) is 0 Å². The van der Waals surface area contributed by atoms with E-state index in [4.69, 9.17) is 0 Å². The first-order valence-electron chi connectivity index (χ1n) is 8.39. The summed E-state index contributed by atoms with van der Waals surface area (Å²) in [7, 11) is 0. The highest BCUT2D eigenvalue weighted by atomic mass is 15.2. The summed E-state index contributed by atoms with van der Waals surface area (Å²) >= 11 is 0. The van der Waals surface area contributed by atoms with Crippen molar-refractivity contribution in [1.82, 2.24) is 9.80 Å². The number of hydrogen-bond acceptors (Lipinski definition) is 2. The van der Waals surface area contributed by atoms with Gasteiger partial charge >= 0.3 is 0 Å². The molecule has 0 N–H and O–H groups in total. The summed E-state index contributed by atoms with van der Waals surface area (Å²) in [5.74, 6) is 0. The third-order valence-corrected chi connectivity index (χ3v) is 5.93. The van der Waals surface area contributed by atoms with E-state index in [0.29, 0.717) is 10.8 Å². The van der Waals surface area contributed by atoms with Crippen molar-refractivity contribution < 1.29 is 0 Å². The van der Waals surface area contributed by atoms with Gasteiger partial charge in [0.1, 0.15) is 0 Å². The summed E-state index contributed by atoms with van der Waals surface area (Å²) in [5.41, 5.74) is 1.17. The van der Waals surface area contributed by atoms with Crippen LogP contribution in [0.4, 0.5) is 0 Å². The minimum Gasteiger partial charge on any atom is -0.303 e. The highest BCUT2D eigenvalue weighted by molar-refractivity contribution is 5.04. The lowest BCUT2D eigenvalue weighted by molar-refractivity contribution is 0.0847. The second-order valence-corrected chi connectivity index (χ2v) is 8.55. The molecule has 1 saturated carbocycles. The topological polar surface area (TPSA) is 6.48 Å². The van der Waals surface area contributed by atoms with E-state index in [1.807, 2.05) is 0 Å². The second kappa shape index (κ2) is 4.73. The van der Waals surface area contributed by atoms with Gasteiger partial charge in [-0.05, 0) is 62.6 Å². The molecule has 2 atom stereocenters. The van der Waals surface area contributed by atoms with E-state index in [1.165, 1.54) is 58.3 Å². The van der Waals surface area contributed by atoms with Crippen molar-refractivity contribution >= 4 is 0 Å². The van der Waals surface area contributed by atoms with Crippen LogP contribution in [0.5, 0.6) is 0 Å². The molecule has 3 rings (SSSR count). The zero-order valence-electron chi connectivity index (χ0n) is 13.4. The van der Waals surface area contributed by atoms with Crippen molar-refractivity contribution in [1.29, 1.82) is 0 Å². The predicted octanol–water partition coefficient (Wildman–Crippen LogP) is 3.37. The Hall–Kier alpha value is -0.0800. The van der Waals surface area contributed by atoms with E-state index >= 15 is 0 Å². The molecule has 19 heavy (non-hydrogen) atoms. The number of hydrogen-bond donors (Lipinski definition) is 0. The summed E-state index contributed by atoms with van der Waals surface area (Å²) < 4.78 is 0. The molecule has 2 bridgehead atoms. The van der Waals surface area contributed by atoms with E-state index in [9.17, 15) is 0 Å². The van der Waals surface area contributed by atoms with Crippen LogP contribution in [0.25, 0.3) is 0 Å². The van der Waals surface area contributed by atoms with E-state index in [-0.39, 0.29) is 0 Å². The van der Waals surface area contributed by atoms with Crippen LogP contribution in [-0.2, 0) is 0 Å². The Morgan fingerprint density at radius 1 is 1.00 bits per heavy atom. The lowest BCUT2D eigenvalue weighted by Gasteiger charge is -2.41. The van der Waals surface area contributed by atoms with Gasteiger partial charge in [0.2, 0.25) is 0 Å². The Labute approximate surface area is 119 Å². The fraction of sp³-hybridized carbons (Fsp3) is 1.00. The van der Waals surface area contributed by atoms with Crippen molar-refractivity contribution in [3.8, 4) is 0 Å². The fourth-order valence-corrected chi connectivity index (χ4v) is 5.50. The minimum atomic E-state index is 0.566. The van der Waals surface area contributed by atoms with Gasteiger partial charge in [-0.2, -0.15) is 0 Å². The van der Waals surface area contributed by atoms with Crippen LogP contribution in [0.15, 0.2) is 0 Å². The maximum Gasteiger partial charge on any atom is 0.0123 e. The molecule has 2 saturated heterocycles. The van der Waals surface area contributed by atoms with Crippen molar-refractivity contribution in [3.05, 3.63) is 0 Å². The van der Waals surface area contributed by atoms with E-state index in [0.717, 1.165) is 12.1 Å². The molecule has 0 aromatic rings. The normalized spacial score (nSPS) is 40.7. The third kappa shape index (κ3) is 2.71. The summed E-state index contributed by atoms with van der Waals surface area (Å²) in [6.45, 7) is 15.1. The van der Waals surface area contributed by atoms with Crippen molar-refractivity contribution in [2.45, 2.75) is 71.9 Å². The predicted molar refractivity (Wildman–Crippen MR) is 81.4 cm³/mol. The lowest BCUT2D eigenvalue weighted by Crippen LogP contribution is -2.47. The average Bonchev–Trinajstić information content (AvgIpc) is 2.59. The van der Waals surface area contributed by atoms with Gasteiger partial charge in [0.05, 0.1) is 0 Å². The van der Waals surface area contributed by atoms with Crippen molar-refractivity contribution in [2.75, 3.05) is 26.2 Å². The van der Waals surface area contributed by atoms with Crippen LogP contribution in [0, 0.1) is 10.8 Å². The highest BCUT2D eigenvalue weighted by Crippen LogP contribution is 2.53. The highest BCUT2D eigenvalue weighted by Gasteiger charge is 2.51. The van der Waals surface area contributed by atoms with Crippen LogP contribution in [-0.4, -0.2) is 48.1 Å². The molecule has 2 heterocycles. The van der Waals surface area contributed by atoms with Gasteiger partial charge in [-0.3, -0.25) is 4.90 Å². The molecule has 2 nitrogen and oxygen atoms in total. The first-order chi connectivity index (χ1) is 8.91. The Kier molecular flexibility index (Phi) is 3.46. The average molecular weight is 264 g/mol. The number of piperidine rings is 1. The van der Waals surface area contributed by atoms with Crippen LogP contribution in [0.2, 0.25) is 0 Å². The lowest BCUT2D eigenvalue weighted by atomic mass is 9.65. The minimum absolute atomic E-state index is 0.566. The molecular weight excluding hydrogens is 232 g/mol. The SMILES string of the molecule is CCN1CCC(N2CC3(C)CC2CC(C)(C)C3)CC1. The first kappa shape index (κ1) is 13.9. The fourth-order valence-electron chi connectivity index (χ4n) is 5.50. The van der Waals surface area contributed by atoms with Crippen LogP contribution >= 0.6 is 0 Å². The number of rotatable bonds is 2. The number of fused-ring (bicyclic) bond motifs is 2. The van der Waals surface area contributed by atoms with Gasteiger partial charge in [0.15, 0.2) is 0 Å². The zero-order valence-corrected chi connectivity index (χ0v) is 13.4. The molecule has 0 spiro atoms. The maximum atomic E-state index is 2.92. The standard InChI is InChI=1S/C17H32N2/c1-5-18-8-6-14(7-9-18)19-13-17(4)11-15(19)10-16(2,3)12-17/h14-15H,5-13H2,1-4H3. The van der Waals surface area contributed by atoms with Gasteiger partial charge in [-0.25, -0.2) is 0 Å². The molecule has 0 amide bonds. The molecule has 2 unspecified atom stereocenters. The van der Waals surface area contributed by atoms with Gasteiger partial charge in [-0.15, -0.1) is 0 Å². The Balaban J connectivity index is 1.67. The Morgan fingerprint density at radius 3 is 2.32 bits per heavy atom. The van der Waals surface area contributed by atoms with E-state index in [1.54, 1.807) is 0 Å². The number of nitrogens with zero attached hydrogens (tertiary/aromatic N) is 2. The molecule has 110 valence electrons. The van der Waals surface area contributed by atoms with Gasteiger partial charge in [0.25, 0.3) is 0 Å². The number of likely N-dealkylation sites (tertiary alicyclic amines) is 2. The molecule has 0 aromatic carbocycles. The monoisotopic (exact) mass is 264 g/mol. The van der Waals surface area contributed by atoms with E-state index in [2.05, 4.69) is 37.5 Å². The molecule has 2 heteroatoms.